The number of hydrogen-bond donors (Lipinski definition) is 1. The van der Waals surface area contributed by atoms with E-state index in [1.807, 2.05) is 18.2 Å². The van der Waals surface area contributed by atoms with Gasteiger partial charge in [-0.3, -0.25) is 4.79 Å². The number of hydrogen-bond acceptors (Lipinski definition) is 4. The van der Waals surface area contributed by atoms with E-state index in [0.29, 0.717) is 6.29 Å². The lowest BCUT2D eigenvalue weighted by Gasteiger charge is -2.20. The van der Waals surface area contributed by atoms with E-state index in [0.717, 1.165) is 5.69 Å². The molecule has 1 rings (SSSR count). The zero-order valence-electron chi connectivity index (χ0n) is 9.21. The predicted octanol–water partition coefficient (Wildman–Crippen LogP) is 0.368. The lowest BCUT2D eigenvalue weighted by atomic mass is 10.2. The standard InChI is InChI=1S/C11H14N2O3/c1-13(9-6-4-3-5-7-9)11(15)10(8-14)12-16-2/h3-8,10,12H,1-2H3. The summed E-state index contributed by atoms with van der Waals surface area (Å²) in [5.41, 5.74) is 3.04. The molecule has 0 heterocycles. The minimum atomic E-state index is -0.991. The maximum absolute atomic E-state index is 11.8. The Balaban J connectivity index is 2.77. The summed E-state index contributed by atoms with van der Waals surface area (Å²) in [7, 11) is 2.96. The molecular formula is C11H14N2O3. The SMILES string of the molecule is CONC(C=O)C(=O)N(C)c1ccccc1. The van der Waals surface area contributed by atoms with Crippen LogP contribution in [0.4, 0.5) is 5.69 Å². The number of aldehydes is 1. The highest BCUT2D eigenvalue weighted by atomic mass is 16.6. The third kappa shape index (κ3) is 2.88. The van der Waals surface area contributed by atoms with Crippen molar-refractivity contribution in [1.29, 1.82) is 0 Å². The molecule has 1 atom stereocenters. The van der Waals surface area contributed by atoms with Gasteiger partial charge < -0.3 is 14.5 Å². The quantitative estimate of drug-likeness (QED) is 0.444. The molecule has 0 aliphatic carbocycles. The fourth-order valence-corrected chi connectivity index (χ4v) is 1.25. The average Bonchev–Trinajstić information content (AvgIpc) is 2.35. The number of nitrogens with one attached hydrogen (secondary N) is 1. The minimum absolute atomic E-state index is 0.372. The number of likely N-dealkylation sites (N-methyl/N-ethyl adjacent to an activating group) is 1. The maximum atomic E-state index is 11.8. The van der Waals surface area contributed by atoms with E-state index in [1.54, 1.807) is 19.2 Å². The molecule has 86 valence electrons. The smallest absolute Gasteiger partial charge is 0.253 e. The molecule has 1 aromatic rings. The molecule has 0 saturated carbocycles. The number of nitrogens with zero attached hydrogens (tertiary/aromatic N) is 1. The van der Waals surface area contributed by atoms with E-state index in [2.05, 4.69) is 10.3 Å². The minimum Gasteiger partial charge on any atom is -0.314 e. The van der Waals surface area contributed by atoms with Crippen LogP contribution in [0.1, 0.15) is 0 Å². The summed E-state index contributed by atoms with van der Waals surface area (Å²) < 4.78 is 0. The molecule has 0 aromatic heterocycles. The monoisotopic (exact) mass is 222 g/mol. The zero-order valence-corrected chi connectivity index (χ0v) is 9.21. The molecular weight excluding hydrogens is 208 g/mol. The van der Waals surface area contributed by atoms with Crippen LogP contribution in [-0.2, 0) is 14.4 Å². The van der Waals surface area contributed by atoms with Crippen molar-refractivity contribution in [3.63, 3.8) is 0 Å². The van der Waals surface area contributed by atoms with Crippen LogP contribution >= 0.6 is 0 Å². The van der Waals surface area contributed by atoms with Crippen LogP contribution in [0.15, 0.2) is 30.3 Å². The summed E-state index contributed by atoms with van der Waals surface area (Å²) in [5, 5.41) is 0. The molecule has 0 saturated heterocycles. The average molecular weight is 222 g/mol. The second-order valence-corrected chi connectivity index (χ2v) is 3.17. The first-order valence-electron chi connectivity index (χ1n) is 4.77. The zero-order chi connectivity index (χ0) is 12.0. The Hall–Kier alpha value is -1.72. The summed E-state index contributed by atoms with van der Waals surface area (Å²) >= 11 is 0. The number of para-hydroxylation sites is 1. The topological polar surface area (TPSA) is 58.6 Å². The van der Waals surface area contributed by atoms with Gasteiger partial charge in [-0.25, -0.2) is 0 Å². The third-order valence-electron chi connectivity index (χ3n) is 2.12. The predicted molar refractivity (Wildman–Crippen MR) is 59.8 cm³/mol. The van der Waals surface area contributed by atoms with E-state index in [4.69, 9.17) is 0 Å². The van der Waals surface area contributed by atoms with Crippen molar-refractivity contribution in [3.8, 4) is 0 Å². The van der Waals surface area contributed by atoms with E-state index < -0.39 is 6.04 Å². The highest BCUT2D eigenvalue weighted by Gasteiger charge is 2.21. The largest absolute Gasteiger partial charge is 0.314 e. The first kappa shape index (κ1) is 12.4. The number of hydroxylamine groups is 1. The molecule has 5 heteroatoms. The van der Waals surface area contributed by atoms with Gasteiger partial charge in [0.15, 0.2) is 6.04 Å². The number of rotatable bonds is 5. The van der Waals surface area contributed by atoms with Crippen LogP contribution in [-0.4, -0.2) is 32.4 Å². The Kier molecular flexibility index (Phi) is 4.63. The molecule has 1 unspecified atom stereocenters. The van der Waals surface area contributed by atoms with Crippen LogP contribution in [0.3, 0.4) is 0 Å². The van der Waals surface area contributed by atoms with E-state index in [9.17, 15) is 9.59 Å². The van der Waals surface area contributed by atoms with Crippen LogP contribution in [0, 0.1) is 0 Å². The molecule has 0 spiro atoms. The Labute approximate surface area is 94.0 Å². The molecule has 0 aliphatic heterocycles. The van der Waals surface area contributed by atoms with Gasteiger partial charge in [-0.05, 0) is 12.1 Å². The van der Waals surface area contributed by atoms with Crippen molar-refractivity contribution in [2.45, 2.75) is 6.04 Å². The number of carbonyl (C=O) groups is 2. The van der Waals surface area contributed by atoms with Crippen LogP contribution in [0.25, 0.3) is 0 Å². The Morgan fingerprint density at radius 2 is 2.06 bits per heavy atom. The van der Waals surface area contributed by atoms with Gasteiger partial charge in [0, 0.05) is 12.7 Å². The van der Waals surface area contributed by atoms with Gasteiger partial charge in [0.25, 0.3) is 5.91 Å². The van der Waals surface area contributed by atoms with Gasteiger partial charge in [-0.15, -0.1) is 0 Å². The summed E-state index contributed by atoms with van der Waals surface area (Å²) in [4.78, 5) is 28.5. The van der Waals surface area contributed by atoms with Gasteiger partial charge >= 0.3 is 0 Å². The van der Waals surface area contributed by atoms with Crippen molar-refractivity contribution in [2.24, 2.45) is 0 Å². The third-order valence-corrected chi connectivity index (χ3v) is 2.12. The van der Waals surface area contributed by atoms with Gasteiger partial charge in [0.05, 0.1) is 7.11 Å². The second-order valence-electron chi connectivity index (χ2n) is 3.17. The van der Waals surface area contributed by atoms with Crippen molar-refractivity contribution in [1.82, 2.24) is 5.48 Å². The number of anilines is 1. The van der Waals surface area contributed by atoms with Crippen LogP contribution in [0.5, 0.6) is 0 Å². The molecule has 0 aliphatic rings. The maximum Gasteiger partial charge on any atom is 0.253 e. The molecule has 0 radical (unpaired) electrons. The second kappa shape index (κ2) is 5.99. The van der Waals surface area contributed by atoms with Crippen LogP contribution in [0.2, 0.25) is 0 Å². The summed E-state index contributed by atoms with van der Waals surface area (Å²) in [5.74, 6) is -0.372. The molecule has 0 fully saturated rings. The van der Waals surface area contributed by atoms with Gasteiger partial charge in [0.1, 0.15) is 6.29 Å². The van der Waals surface area contributed by atoms with Gasteiger partial charge in [0.2, 0.25) is 0 Å². The van der Waals surface area contributed by atoms with E-state index in [1.165, 1.54) is 12.0 Å². The van der Waals surface area contributed by atoms with Crippen LogP contribution < -0.4 is 10.4 Å². The van der Waals surface area contributed by atoms with E-state index >= 15 is 0 Å². The summed E-state index contributed by atoms with van der Waals surface area (Å²) in [6.07, 6.45) is 0.505. The number of amides is 1. The normalized spacial score (nSPS) is 11.9. The summed E-state index contributed by atoms with van der Waals surface area (Å²) in [6, 6.07) is 8.07. The van der Waals surface area contributed by atoms with E-state index in [-0.39, 0.29) is 5.91 Å². The number of benzene rings is 1. The summed E-state index contributed by atoms with van der Waals surface area (Å²) in [6.45, 7) is 0. The molecule has 16 heavy (non-hydrogen) atoms. The lowest BCUT2D eigenvalue weighted by molar-refractivity contribution is -0.128. The molecule has 5 nitrogen and oxygen atoms in total. The number of carbonyl (C=O) groups excluding carboxylic acids is 2. The molecule has 0 bridgehead atoms. The van der Waals surface area contributed by atoms with Gasteiger partial charge in [-0.1, -0.05) is 18.2 Å². The highest BCUT2D eigenvalue weighted by molar-refractivity contribution is 6.05. The fourth-order valence-electron chi connectivity index (χ4n) is 1.25. The van der Waals surface area contributed by atoms with Crippen molar-refractivity contribution >= 4 is 17.9 Å². The first-order chi connectivity index (χ1) is 7.70. The molecule has 1 N–H and O–H groups in total. The Bertz CT molecular complexity index is 354. The van der Waals surface area contributed by atoms with Crippen molar-refractivity contribution in [3.05, 3.63) is 30.3 Å². The molecule has 1 amide bonds. The first-order valence-corrected chi connectivity index (χ1v) is 4.77. The van der Waals surface area contributed by atoms with Crippen molar-refractivity contribution in [2.75, 3.05) is 19.1 Å². The lowest BCUT2D eigenvalue weighted by Crippen LogP contribution is -2.45. The Morgan fingerprint density at radius 3 is 2.56 bits per heavy atom. The fraction of sp³-hybridized carbons (Fsp3) is 0.273. The highest BCUT2D eigenvalue weighted by Crippen LogP contribution is 2.11. The molecule has 1 aromatic carbocycles. The Morgan fingerprint density at radius 1 is 1.44 bits per heavy atom. The van der Waals surface area contributed by atoms with Gasteiger partial charge in [-0.2, -0.15) is 5.48 Å². The van der Waals surface area contributed by atoms with Crippen molar-refractivity contribution < 1.29 is 14.4 Å².